The SMILES string of the molecule is CC(=O)CCC(CNC(=O)OCc1ccccc1)S(=O)(=O)Cl. The molecule has 0 bridgehead atoms. The first-order chi connectivity index (χ1) is 10.3. The van der Waals surface area contributed by atoms with Crippen molar-refractivity contribution < 1.29 is 22.7 Å². The fraction of sp³-hybridized carbons (Fsp3) is 0.429. The zero-order chi connectivity index (χ0) is 16.6. The molecule has 0 aliphatic rings. The molecular formula is C14H18ClNO5S. The maximum Gasteiger partial charge on any atom is 0.407 e. The van der Waals surface area contributed by atoms with Gasteiger partial charge in [0.05, 0.1) is 5.25 Å². The summed E-state index contributed by atoms with van der Waals surface area (Å²) < 4.78 is 27.8. The van der Waals surface area contributed by atoms with Crippen LogP contribution in [0.4, 0.5) is 4.79 Å². The van der Waals surface area contributed by atoms with E-state index in [1.165, 1.54) is 6.92 Å². The number of halogens is 1. The van der Waals surface area contributed by atoms with Crippen LogP contribution >= 0.6 is 10.7 Å². The quantitative estimate of drug-likeness (QED) is 0.728. The van der Waals surface area contributed by atoms with Crippen molar-refractivity contribution in [2.24, 2.45) is 0 Å². The van der Waals surface area contributed by atoms with Gasteiger partial charge in [0.25, 0.3) is 0 Å². The lowest BCUT2D eigenvalue weighted by atomic mass is 10.2. The molecule has 0 aliphatic carbocycles. The molecule has 0 aliphatic heterocycles. The summed E-state index contributed by atoms with van der Waals surface area (Å²) in [5.41, 5.74) is 0.816. The first-order valence-corrected chi connectivity index (χ1v) is 9.03. The maximum atomic E-state index is 11.5. The molecule has 122 valence electrons. The van der Waals surface area contributed by atoms with Crippen molar-refractivity contribution in [1.29, 1.82) is 0 Å². The monoisotopic (exact) mass is 347 g/mol. The fourth-order valence-electron chi connectivity index (χ4n) is 1.68. The standard InChI is InChI=1S/C14H18ClNO5S/c1-11(17)7-8-13(22(15,19)20)9-16-14(18)21-10-12-5-3-2-4-6-12/h2-6,13H,7-10H2,1H3,(H,16,18). The van der Waals surface area contributed by atoms with Crippen molar-refractivity contribution in [2.75, 3.05) is 6.54 Å². The second-order valence-electron chi connectivity index (χ2n) is 4.78. The van der Waals surface area contributed by atoms with E-state index in [4.69, 9.17) is 15.4 Å². The number of hydrogen-bond acceptors (Lipinski definition) is 5. The molecule has 8 heteroatoms. The molecule has 0 radical (unpaired) electrons. The van der Waals surface area contributed by atoms with Gasteiger partial charge in [-0.2, -0.15) is 0 Å². The molecule has 0 saturated carbocycles. The number of ketones is 1. The van der Waals surface area contributed by atoms with Crippen molar-refractivity contribution >= 4 is 31.6 Å². The predicted molar refractivity (Wildman–Crippen MR) is 83.1 cm³/mol. The Morgan fingerprint density at radius 2 is 1.91 bits per heavy atom. The predicted octanol–water partition coefficient (Wildman–Crippen LogP) is 2.22. The highest BCUT2D eigenvalue weighted by Crippen LogP contribution is 2.13. The van der Waals surface area contributed by atoms with Gasteiger partial charge in [0.15, 0.2) is 0 Å². The van der Waals surface area contributed by atoms with Crippen molar-refractivity contribution in [3.63, 3.8) is 0 Å². The van der Waals surface area contributed by atoms with E-state index in [9.17, 15) is 18.0 Å². The third kappa shape index (κ3) is 7.42. The molecule has 1 atom stereocenters. The van der Waals surface area contributed by atoms with Gasteiger partial charge in [-0.25, -0.2) is 13.2 Å². The maximum absolute atomic E-state index is 11.5. The Kier molecular flexibility index (Phi) is 7.34. The lowest BCUT2D eigenvalue weighted by Gasteiger charge is -2.14. The Labute approximate surface area is 134 Å². The molecule has 6 nitrogen and oxygen atoms in total. The molecule has 1 aromatic carbocycles. The molecule has 1 N–H and O–H groups in total. The number of benzene rings is 1. The number of amides is 1. The minimum Gasteiger partial charge on any atom is -0.445 e. The molecule has 1 amide bonds. The summed E-state index contributed by atoms with van der Waals surface area (Å²) in [7, 11) is 1.43. The molecule has 0 fully saturated rings. The van der Waals surface area contributed by atoms with Crippen molar-refractivity contribution in [3.05, 3.63) is 35.9 Å². The van der Waals surface area contributed by atoms with Gasteiger partial charge in [-0.15, -0.1) is 0 Å². The van der Waals surface area contributed by atoms with Gasteiger partial charge in [-0.3, -0.25) is 0 Å². The van der Waals surface area contributed by atoms with E-state index in [0.717, 1.165) is 5.56 Å². The molecule has 1 rings (SSSR count). The highest BCUT2D eigenvalue weighted by Gasteiger charge is 2.24. The number of rotatable bonds is 8. The van der Waals surface area contributed by atoms with E-state index < -0.39 is 20.4 Å². The summed E-state index contributed by atoms with van der Waals surface area (Å²) in [4.78, 5) is 22.5. The van der Waals surface area contributed by atoms with Crippen LogP contribution in [-0.2, 0) is 25.2 Å². The van der Waals surface area contributed by atoms with Gasteiger partial charge in [0, 0.05) is 23.6 Å². The Morgan fingerprint density at radius 1 is 1.27 bits per heavy atom. The lowest BCUT2D eigenvalue weighted by molar-refractivity contribution is -0.117. The summed E-state index contributed by atoms with van der Waals surface area (Å²) in [6, 6.07) is 9.07. The van der Waals surface area contributed by atoms with Crippen molar-refractivity contribution in [3.8, 4) is 0 Å². The number of Topliss-reactive ketones (excluding diaryl/α,β-unsaturated/α-hetero) is 1. The molecule has 22 heavy (non-hydrogen) atoms. The van der Waals surface area contributed by atoms with Gasteiger partial charge in [0.1, 0.15) is 12.4 Å². The third-order valence-electron chi connectivity index (χ3n) is 2.90. The highest BCUT2D eigenvalue weighted by molar-refractivity contribution is 8.14. The van der Waals surface area contributed by atoms with Gasteiger partial charge < -0.3 is 14.8 Å². The third-order valence-corrected chi connectivity index (χ3v) is 4.86. The second kappa shape index (κ2) is 8.75. The zero-order valence-corrected chi connectivity index (χ0v) is 13.7. The van der Waals surface area contributed by atoms with Crippen LogP contribution in [0, 0.1) is 0 Å². The highest BCUT2D eigenvalue weighted by atomic mass is 35.7. The van der Waals surface area contributed by atoms with Crippen LogP contribution in [0.5, 0.6) is 0 Å². The van der Waals surface area contributed by atoms with Crippen molar-refractivity contribution in [2.45, 2.75) is 31.6 Å². The van der Waals surface area contributed by atoms with Crippen LogP contribution in [-0.4, -0.2) is 32.1 Å². The summed E-state index contributed by atoms with van der Waals surface area (Å²) in [5, 5.41) is 1.32. The average Bonchev–Trinajstić information content (AvgIpc) is 2.44. The van der Waals surface area contributed by atoms with E-state index in [1.807, 2.05) is 18.2 Å². The van der Waals surface area contributed by atoms with Gasteiger partial charge >= 0.3 is 6.09 Å². The van der Waals surface area contributed by atoms with E-state index in [0.29, 0.717) is 0 Å². The number of alkyl carbamates (subject to hydrolysis) is 1. The van der Waals surface area contributed by atoms with Crippen LogP contribution in [0.3, 0.4) is 0 Å². The molecule has 0 spiro atoms. The normalized spacial score (nSPS) is 12.5. The van der Waals surface area contributed by atoms with Gasteiger partial charge in [-0.1, -0.05) is 30.3 Å². The van der Waals surface area contributed by atoms with E-state index in [-0.39, 0.29) is 31.8 Å². The fourth-order valence-corrected chi connectivity index (χ4v) is 2.82. The molecular weight excluding hydrogens is 330 g/mol. The Bertz CT molecular complexity index is 603. The van der Waals surface area contributed by atoms with Crippen molar-refractivity contribution in [1.82, 2.24) is 5.32 Å². The number of carbonyl (C=O) groups is 2. The Morgan fingerprint density at radius 3 is 2.45 bits per heavy atom. The van der Waals surface area contributed by atoms with Gasteiger partial charge in [-0.05, 0) is 18.9 Å². The van der Waals surface area contributed by atoms with Crippen LogP contribution in [0.1, 0.15) is 25.3 Å². The number of hydrogen-bond donors (Lipinski definition) is 1. The topological polar surface area (TPSA) is 89.5 Å². The van der Waals surface area contributed by atoms with Crippen LogP contribution < -0.4 is 5.32 Å². The Balaban J connectivity index is 2.43. The minimum atomic E-state index is -3.87. The zero-order valence-electron chi connectivity index (χ0n) is 12.1. The molecule has 1 aromatic rings. The summed E-state index contributed by atoms with van der Waals surface area (Å²) in [6.07, 6.45) is -0.602. The number of nitrogens with one attached hydrogen (secondary N) is 1. The van der Waals surface area contributed by atoms with E-state index >= 15 is 0 Å². The molecule has 0 saturated heterocycles. The number of ether oxygens (including phenoxy) is 1. The number of carbonyl (C=O) groups excluding carboxylic acids is 2. The molecule has 0 aromatic heterocycles. The first-order valence-electron chi connectivity index (χ1n) is 6.66. The molecule has 1 unspecified atom stereocenters. The van der Waals surface area contributed by atoms with Crippen LogP contribution in [0.2, 0.25) is 0 Å². The smallest absolute Gasteiger partial charge is 0.407 e. The summed E-state index contributed by atoms with van der Waals surface area (Å²) >= 11 is 0. The minimum absolute atomic E-state index is 0.0557. The summed E-state index contributed by atoms with van der Waals surface area (Å²) in [5.74, 6) is -0.142. The van der Waals surface area contributed by atoms with E-state index in [2.05, 4.69) is 5.32 Å². The lowest BCUT2D eigenvalue weighted by Crippen LogP contribution is -2.35. The van der Waals surface area contributed by atoms with E-state index in [1.54, 1.807) is 12.1 Å². The first kappa shape index (κ1) is 18.4. The Hall–Kier alpha value is -1.60. The molecule has 0 heterocycles. The summed E-state index contributed by atoms with van der Waals surface area (Å²) in [6.45, 7) is 1.24. The van der Waals surface area contributed by atoms with Gasteiger partial charge in [0.2, 0.25) is 9.05 Å². The van der Waals surface area contributed by atoms with Crippen LogP contribution in [0.25, 0.3) is 0 Å². The second-order valence-corrected chi connectivity index (χ2v) is 7.69. The average molecular weight is 348 g/mol. The largest absolute Gasteiger partial charge is 0.445 e. The van der Waals surface area contributed by atoms with Crippen LogP contribution in [0.15, 0.2) is 30.3 Å².